The van der Waals surface area contributed by atoms with Gasteiger partial charge < -0.3 is 10.6 Å². The predicted molar refractivity (Wildman–Crippen MR) is 70.8 cm³/mol. The zero-order valence-electron chi connectivity index (χ0n) is 11.2. The lowest BCUT2D eigenvalue weighted by Crippen LogP contribution is -2.38. The maximum Gasteiger partial charge on any atom is 0.121 e. The molecule has 4 heteroatoms. The van der Waals surface area contributed by atoms with Gasteiger partial charge in [-0.2, -0.15) is 5.10 Å². The number of aryl methyl sites for hydroxylation is 1. The van der Waals surface area contributed by atoms with E-state index in [0.29, 0.717) is 6.04 Å². The Hall–Kier alpha value is -1.03. The summed E-state index contributed by atoms with van der Waals surface area (Å²) >= 11 is 0. The molecule has 1 saturated heterocycles. The zero-order chi connectivity index (χ0) is 12.4. The van der Waals surface area contributed by atoms with Crippen molar-refractivity contribution in [3.8, 4) is 0 Å². The molecular weight excluding hydrogens is 212 g/mol. The first kappa shape index (κ1) is 12.4. The van der Waals surface area contributed by atoms with Crippen LogP contribution in [0.5, 0.6) is 0 Å². The van der Waals surface area contributed by atoms with E-state index >= 15 is 0 Å². The molecule has 0 aliphatic carbocycles. The number of hydrogen-bond acceptors (Lipinski definition) is 3. The normalized spacial score (nSPS) is 19.1. The number of anilines is 1. The molecule has 1 aliphatic rings. The second kappa shape index (κ2) is 5.08. The maximum atomic E-state index is 5.80. The number of rotatable bonds is 3. The summed E-state index contributed by atoms with van der Waals surface area (Å²) in [6.07, 6.45) is 3.65. The molecule has 0 atom stereocenters. The van der Waals surface area contributed by atoms with Gasteiger partial charge in [0.05, 0.1) is 5.69 Å². The van der Waals surface area contributed by atoms with E-state index in [0.717, 1.165) is 23.9 Å². The van der Waals surface area contributed by atoms with Gasteiger partial charge >= 0.3 is 0 Å². The molecule has 1 fully saturated rings. The van der Waals surface area contributed by atoms with E-state index in [1.54, 1.807) is 4.68 Å². The summed E-state index contributed by atoms with van der Waals surface area (Å²) in [4.78, 5) is 2.56. The van der Waals surface area contributed by atoms with Crippen LogP contribution in [0, 0.1) is 5.92 Å². The topological polar surface area (TPSA) is 47.1 Å². The van der Waals surface area contributed by atoms with Crippen LogP contribution in [0.2, 0.25) is 0 Å². The summed E-state index contributed by atoms with van der Waals surface area (Å²) in [5.74, 6) is 1.54. The third-order valence-electron chi connectivity index (χ3n) is 3.84. The van der Waals surface area contributed by atoms with E-state index in [1.807, 2.05) is 13.1 Å². The van der Waals surface area contributed by atoms with Gasteiger partial charge in [-0.05, 0) is 52.1 Å². The van der Waals surface area contributed by atoms with Gasteiger partial charge in [0.25, 0.3) is 0 Å². The van der Waals surface area contributed by atoms with Crippen molar-refractivity contribution in [2.75, 3.05) is 18.8 Å². The minimum atomic E-state index is 0.682. The number of likely N-dealkylation sites (tertiary alicyclic amines) is 1. The Morgan fingerprint density at radius 2 is 2.06 bits per heavy atom. The highest BCUT2D eigenvalue weighted by Crippen LogP contribution is 2.22. The van der Waals surface area contributed by atoms with Gasteiger partial charge in [0.2, 0.25) is 0 Å². The van der Waals surface area contributed by atoms with Crippen LogP contribution in [0.3, 0.4) is 0 Å². The highest BCUT2D eigenvalue weighted by molar-refractivity contribution is 5.30. The molecule has 1 aromatic rings. The van der Waals surface area contributed by atoms with Crippen molar-refractivity contribution in [1.82, 2.24) is 14.7 Å². The Morgan fingerprint density at radius 1 is 1.41 bits per heavy atom. The molecule has 4 nitrogen and oxygen atoms in total. The first-order valence-electron chi connectivity index (χ1n) is 6.58. The molecule has 0 aromatic carbocycles. The van der Waals surface area contributed by atoms with Crippen molar-refractivity contribution in [3.05, 3.63) is 11.8 Å². The summed E-state index contributed by atoms with van der Waals surface area (Å²) in [6, 6.07) is 2.69. The second-order valence-corrected chi connectivity index (χ2v) is 5.46. The van der Waals surface area contributed by atoms with Crippen LogP contribution in [0.1, 0.15) is 32.4 Å². The Kier molecular flexibility index (Phi) is 3.72. The predicted octanol–water partition coefficient (Wildman–Crippen LogP) is 1.67. The van der Waals surface area contributed by atoms with Crippen molar-refractivity contribution in [3.63, 3.8) is 0 Å². The standard InChI is InChI=1S/C13H24N4/c1-10(2)17-6-4-11(5-7-17)8-12-9-13(14)16(3)15-12/h9-11H,4-8,14H2,1-3H3. The van der Waals surface area contributed by atoms with Gasteiger partial charge in [0, 0.05) is 19.2 Å². The SMILES string of the molecule is CC(C)N1CCC(Cc2cc(N)n(C)n2)CC1. The Morgan fingerprint density at radius 3 is 2.53 bits per heavy atom. The van der Waals surface area contributed by atoms with E-state index in [4.69, 9.17) is 5.73 Å². The highest BCUT2D eigenvalue weighted by Gasteiger charge is 2.21. The Bertz CT molecular complexity index is 342. The second-order valence-electron chi connectivity index (χ2n) is 5.46. The molecule has 1 aromatic heterocycles. The molecule has 96 valence electrons. The molecule has 0 spiro atoms. The van der Waals surface area contributed by atoms with Crippen LogP contribution >= 0.6 is 0 Å². The fourth-order valence-corrected chi connectivity index (χ4v) is 2.61. The Balaban J connectivity index is 1.86. The number of piperidine rings is 1. The maximum absolute atomic E-state index is 5.80. The van der Waals surface area contributed by atoms with Gasteiger partial charge in [0.1, 0.15) is 5.82 Å². The average molecular weight is 236 g/mol. The van der Waals surface area contributed by atoms with Crippen LogP contribution in [0.25, 0.3) is 0 Å². The smallest absolute Gasteiger partial charge is 0.121 e. The number of nitrogens with zero attached hydrogens (tertiary/aromatic N) is 3. The third kappa shape index (κ3) is 3.00. The summed E-state index contributed by atoms with van der Waals surface area (Å²) < 4.78 is 1.76. The molecular formula is C13H24N4. The first-order chi connectivity index (χ1) is 8.06. The fraction of sp³-hybridized carbons (Fsp3) is 0.769. The monoisotopic (exact) mass is 236 g/mol. The largest absolute Gasteiger partial charge is 0.384 e. The van der Waals surface area contributed by atoms with Crippen LogP contribution in [-0.2, 0) is 13.5 Å². The van der Waals surface area contributed by atoms with E-state index in [1.165, 1.54) is 25.9 Å². The lowest BCUT2D eigenvalue weighted by molar-refractivity contribution is 0.149. The summed E-state index contributed by atoms with van der Waals surface area (Å²) in [5, 5.41) is 4.44. The van der Waals surface area contributed by atoms with E-state index < -0.39 is 0 Å². The van der Waals surface area contributed by atoms with Gasteiger partial charge in [-0.3, -0.25) is 4.68 Å². The number of nitrogens with two attached hydrogens (primary N) is 1. The lowest BCUT2D eigenvalue weighted by atomic mass is 9.91. The van der Waals surface area contributed by atoms with Crippen LogP contribution in [-0.4, -0.2) is 33.8 Å². The third-order valence-corrected chi connectivity index (χ3v) is 3.84. The fourth-order valence-electron chi connectivity index (χ4n) is 2.61. The van der Waals surface area contributed by atoms with Crippen molar-refractivity contribution in [2.45, 2.75) is 39.2 Å². The number of nitrogen functional groups attached to an aromatic ring is 1. The van der Waals surface area contributed by atoms with Crippen molar-refractivity contribution >= 4 is 5.82 Å². The molecule has 2 N–H and O–H groups in total. The Labute approximate surface area is 104 Å². The minimum absolute atomic E-state index is 0.682. The average Bonchev–Trinajstić information content (AvgIpc) is 2.58. The van der Waals surface area contributed by atoms with Crippen LogP contribution < -0.4 is 5.73 Å². The van der Waals surface area contributed by atoms with E-state index in [-0.39, 0.29) is 0 Å². The van der Waals surface area contributed by atoms with Gasteiger partial charge in [0.15, 0.2) is 0 Å². The van der Waals surface area contributed by atoms with E-state index in [2.05, 4.69) is 23.8 Å². The van der Waals surface area contributed by atoms with Crippen LogP contribution in [0.15, 0.2) is 6.07 Å². The summed E-state index contributed by atoms with van der Waals surface area (Å²) in [7, 11) is 1.90. The molecule has 2 rings (SSSR count). The molecule has 0 radical (unpaired) electrons. The van der Waals surface area contributed by atoms with Crippen molar-refractivity contribution < 1.29 is 0 Å². The first-order valence-corrected chi connectivity index (χ1v) is 6.58. The molecule has 0 amide bonds. The highest BCUT2D eigenvalue weighted by atomic mass is 15.3. The van der Waals surface area contributed by atoms with Crippen molar-refractivity contribution in [1.29, 1.82) is 0 Å². The summed E-state index contributed by atoms with van der Waals surface area (Å²) in [6.45, 7) is 7.01. The minimum Gasteiger partial charge on any atom is -0.384 e. The lowest BCUT2D eigenvalue weighted by Gasteiger charge is -2.34. The number of aromatic nitrogens is 2. The number of hydrogen-bond donors (Lipinski definition) is 1. The molecule has 0 bridgehead atoms. The zero-order valence-corrected chi connectivity index (χ0v) is 11.2. The quantitative estimate of drug-likeness (QED) is 0.868. The molecule has 17 heavy (non-hydrogen) atoms. The molecule has 2 heterocycles. The van der Waals surface area contributed by atoms with Crippen molar-refractivity contribution in [2.24, 2.45) is 13.0 Å². The van der Waals surface area contributed by atoms with Gasteiger partial charge in [-0.1, -0.05) is 0 Å². The van der Waals surface area contributed by atoms with Gasteiger partial charge in [-0.25, -0.2) is 0 Å². The van der Waals surface area contributed by atoms with Gasteiger partial charge in [-0.15, -0.1) is 0 Å². The summed E-state index contributed by atoms with van der Waals surface area (Å²) in [5.41, 5.74) is 6.95. The van der Waals surface area contributed by atoms with E-state index in [9.17, 15) is 0 Å². The molecule has 1 aliphatic heterocycles. The molecule has 0 saturated carbocycles. The van der Waals surface area contributed by atoms with Crippen LogP contribution in [0.4, 0.5) is 5.82 Å². The molecule has 0 unspecified atom stereocenters.